The van der Waals surface area contributed by atoms with Crippen LogP contribution < -0.4 is 5.32 Å². The number of hydrogen-bond acceptors (Lipinski definition) is 9. The molecular formula is C32H56NO8PS. The molecule has 0 bridgehead atoms. The maximum Gasteiger partial charge on any atom is 0.331 e. The van der Waals surface area contributed by atoms with Crippen molar-refractivity contribution < 1.29 is 37.4 Å². The van der Waals surface area contributed by atoms with Crippen LogP contribution in [0.25, 0.3) is 0 Å². The lowest BCUT2D eigenvalue weighted by Crippen LogP contribution is -2.36. The van der Waals surface area contributed by atoms with Crippen LogP contribution in [0.4, 0.5) is 0 Å². The van der Waals surface area contributed by atoms with Gasteiger partial charge in [-0.3, -0.25) is 14.2 Å². The number of rotatable bonds is 24. The van der Waals surface area contributed by atoms with E-state index in [2.05, 4.69) is 26.1 Å². The average Bonchev–Trinajstić information content (AvgIpc) is 2.94. The molecule has 0 heterocycles. The van der Waals surface area contributed by atoms with E-state index < -0.39 is 7.60 Å². The van der Waals surface area contributed by atoms with E-state index in [-0.39, 0.29) is 67.2 Å². The van der Waals surface area contributed by atoms with Crippen LogP contribution in [0.1, 0.15) is 80.2 Å². The summed E-state index contributed by atoms with van der Waals surface area (Å²) in [5.41, 5.74) is 0.561. The molecule has 1 aromatic rings. The predicted octanol–water partition coefficient (Wildman–Crippen LogP) is 6.88. The maximum atomic E-state index is 13.3. The van der Waals surface area contributed by atoms with Gasteiger partial charge in [0.25, 0.3) is 0 Å². The minimum Gasteiger partial charge on any atom is -0.461 e. The first-order valence-corrected chi connectivity index (χ1v) is 18.3. The van der Waals surface area contributed by atoms with Crippen molar-refractivity contribution in [2.24, 2.45) is 11.8 Å². The van der Waals surface area contributed by atoms with Crippen LogP contribution in [0, 0.1) is 11.8 Å². The molecule has 0 radical (unpaired) electrons. The Morgan fingerprint density at radius 3 is 2.26 bits per heavy atom. The first kappa shape index (κ1) is 39.6. The van der Waals surface area contributed by atoms with Gasteiger partial charge in [0.2, 0.25) is 5.91 Å². The van der Waals surface area contributed by atoms with Gasteiger partial charge in [-0.05, 0) is 58.9 Å². The minimum absolute atomic E-state index is 0.106. The molecule has 1 N–H and O–H groups in total. The highest BCUT2D eigenvalue weighted by atomic mass is 32.2. The van der Waals surface area contributed by atoms with E-state index in [0.29, 0.717) is 37.9 Å². The fourth-order valence-electron chi connectivity index (χ4n) is 4.03. The second-order valence-electron chi connectivity index (χ2n) is 11.6. The summed E-state index contributed by atoms with van der Waals surface area (Å²) in [5, 5.41) is 2.75. The van der Waals surface area contributed by atoms with Crippen molar-refractivity contribution in [3.05, 3.63) is 35.9 Å². The Kier molecular flexibility index (Phi) is 19.7. The molecule has 3 atom stereocenters. The summed E-state index contributed by atoms with van der Waals surface area (Å²) < 4.78 is 41.6. The van der Waals surface area contributed by atoms with Gasteiger partial charge in [0.05, 0.1) is 44.1 Å². The first-order chi connectivity index (χ1) is 20.3. The molecule has 0 fully saturated rings. The molecule has 0 aliphatic heterocycles. The van der Waals surface area contributed by atoms with Gasteiger partial charge in [-0.15, -0.1) is 0 Å². The molecule has 9 nitrogen and oxygen atoms in total. The maximum absolute atomic E-state index is 13.3. The van der Waals surface area contributed by atoms with Crippen molar-refractivity contribution in [1.29, 1.82) is 0 Å². The zero-order chi connectivity index (χ0) is 32.3. The lowest BCUT2D eigenvalue weighted by atomic mass is 10.1. The Bertz CT molecular complexity index is 952. The first-order valence-electron chi connectivity index (χ1n) is 15.5. The van der Waals surface area contributed by atoms with E-state index in [9.17, 15) is 14.2 Å². The smallest absolute Gasteiger partial charge is 0.331 e. The number of ether oxygens (including phenoxy) is 3. The number of thioether (sulfide) groups is 1. The Morgan fingerprint density at radius 1 is 1.00 bits per heavy atom. The van der Waals surface area contributed by atoms with Crippen LogP contribution in [0.5, 0.6) is 0 Å². The Labute approximate surface area is 264 Å². The van der Waals surface area contributed by atoms with Crippen LogP contribution in [-0.4, -0.2) is 73.7 Å². The number of nitrogens with one attached hydrogen (secondary N) is 1. The summed E-state index contributed by atoms with van der Waals surface area (Å²) in [5.74, 6) is 0.172. The summed E-state index contributed by atoms with van der Waals surface area (Å²) in [6.07, 6.45) is 1.77. The quantitative estimate of drug-likeness (QED) is 0.0731. The van der Waals surface area contributed by atoms with Crippen molar-refractivity contribution >= 4 is 31.2 Å². The van der Waals surface area contributed by atoms with Crippen LogP contribution >= 0.6 is 19.4 Å². The molecule has 1 amide bonds. The minimum atomic E-state index is -3.34. The molecule has 0 aliphatic rings. The van der Waals surface area contributed by atoms with Gasteiger partial charge in [-0.1, -0.05) is 51.1 Å². The van der Waals surface area contributed by atoms with E-state index in [0.717, 1.165) is 12.0 Å². The van der Waals surface area contributed by atoms with Gasteiger partial charge in [-0.2, -0.15) is 11.8 Å². The molecule has 0 saturated heterocycles. The monoisotopic (exact) mass is 645 g/mol. The lowest BCUT2D eigenvalue weighted by molar-refractivity contribution is -0.144. The van der Waals surface area contributed by atoms with Crippen LogP contribution in [-0.2, 0) is 44.0 Å². The van der Waals surface area contributed by atoms with Gasteiger partial charge in [0.15, 0.2) is 0 Å². The average molecular weight is 646 g/mol. The molecule has 248 valence electrons. The third-order valence-corrected chi connectivity index (χ3v) is 10.7. The largest absolute Gasteiger partial charge is 0.461 e. The Hall–Kier alpha value is -1.42. The number of hydrogen-bond donors (Lipinski definition) is 1. The third-order valence-electron chi connectivity index (χ3n) is 6.96. The summed E-state index contributed by atoms with van der Waals surface area (Å²) in [6.45, 7) is 17.9. The zero-order valence-corrected chi connectivity index (χ0v) is 29.3. The van der Waals surface area contributed by atoms with E-state index >= 15 is 0 Å². The predicted molar refractivity (Wildman–Crippen MR) is 175 cm³/mol. The summed E-state index contributed by atoms with van der Waals surface area (Å²) in [7, 11) is -3.34. The standard InChI is InChI=1S/C32H56NO8PS/c1-9-40-42(36,41-10-2)24-29(43-21-16-30(34)38-23-28-14-12-11-13-15-28)22-26(5)31(35)33-18-20-39-32(7,8)17-19-37-27(6)25(3)4/h11-15,25-27,29H,9-10,16-24H2,1-8H3,(H,33,35). The van der Waals surface area contributed by atoms with Gasteiger partial charge < -0.3 is 28.6 Å². The SMILES string of the molecule is CCOP(=O)(CC(CC(C)C(=O)NCCOC(C)(C)CCOC(C)C(C)C)SCCC(=O)OCc1ccccc1)OCC. The molecule has 1 rings (SSSR count). The Balaban J connectivity index is 2.59. The highest BCUT2D eigenvalue weighted by Gasteiger charge is 2.31. The summed E-state index contributed by atoms with van der Waals surface area (Å²) in [6, 6.07) is 9.51. The second kappa shape index (κ2) is 21.3. The van der Waals surface area contributed by atoms with Gasteiger partial charge in [-0.25, -0.2) is 0 Å². The fraction of sp³-hybridized carbons (Fsp3) is 0.750. The van der Waals surface area contributed by atoms with E-state index in [1.165, 1.54) is 11.8 Å². The molecule has 0 spiro atoms. The van der Waals surface area contributed by atoms with Gasteiger partial charge in [0.1, 0.15) is 6.61 Å². The normalized spacial score (nSPS) is 14.3. The van der Waals surface area contributed by atoms with Crippen LogP contribution in [0.2, 0.25) is 0 Å². The second-order valence-corrected chi connectivity index (χ2v) is 15.1. The molecular weight excluding hydrogens is 589 g/mol. The van der Waals surface area contributed by atoms with E-state index in [1.54, 1.807) is 13.8 Å². The van der Waals surface area contributed by atoms with Crippen molar-refractivity contribution in [3.63, 3.8) is 0 Å². The molecule has 1 aromatic carbocycles. The molecule has 11 heteroatoms. The topological polar surface area (TPSA) is 109 Å². The Morgan fingerprint density at radius 2 is 1.65 bits per heavy atom. The number of esters is 1. The van der Waals surface area contributed by atoms with Crippen molar-refractivity contribution in [1.82, 2.24) is 5.32 Å². The highest BCUT2D eigenvalue weighted by Crippen LogP contribution is 2.50. The molecule has 0 aliphatic carbocycles. The number of carbonyl (C=O) groups excluding carboxylic acids is 2. The fourth-order valence-corrected chi connectivity index (χ4v) is 7.76. The van der Waals surface area contributed by atoms with Crippen LogP contribution in [0.15, 0.2) is 30.3 Å². The van der Waals surface area contributed by atoms with Gasteiger partial charge >= 0.3 is 13.6 Å². The van der Waals surface area contributed by atoms with E-state index in [1.807, 2.05) is 51.1 Å². The molecule has 3 unspecified atom stereocenters. The number of carbonyl (C=O) groups is 2. The number of benzene rings is 1. The highest BCUT2D eigenvalue weighted by molar-refractivity contribution is 8.00. The number of amides is 1. The molecule has 43 heavy (non-hydrogen) atoms. The summed E-state index contributed by atoms with van der Waals surface area (Å²) in [4.78, 5) is 25.3. The molecule has 0 saturated carbocycles. The zero-order valence-electron chi connectivity index (χ0n) is 27.6. The van der Waals surface area contributed by atoms with Crippen molar-refractivity contribution in [2.75, 3.05) is 44.9 Å². The van der Waals surface area contributed by atoms with Crippen molar-refractivity contribution in [2.45, 2.75) is 98.2 Å². The van der Waals surface area contributed by atoms with Crippen LogP contribution in [0.3, 0.4) is 0 Å². The van der Waals surface area contributed by atoms with E-state index in [4.69, 9.17) is 23.3 Å². The lowest BCUT2D eigenvalue weighted by Gasteiger charge is -2.27. The summed E-state index contributed by atoms with van der Waals surface area (Å²) >= 11 is 1.49. The van der Waals surface area contributed by atoms with Crippen molar-refractivity contribution in [3.8, 4) is 0 Å². The van der Waals surface area contributed by atoms with Gasteiger partial charge in [0, 0.05) is 30.1 Å². The third kappa shape index (κ3) is 18.2. The molecule has 0 aromatic heterocycles.